The van der Waals surface area contributed by atoms with Crippen molar-refractivity contribution in [2.75, 3.05) is 0 Å². The van der Waals surface area contributed by atoms with Crippen molar-refractivity contribution >= 4 is 5.97 Å². The Labute approximate surface area is 121 Å². The number of esters is 1. The average Bonchev–Trinajstić information content (AvgIpc) is 2.48. The molecule has 0 aliphatic heterocycles. The van der Waals surface area contributed by atoms with Gasteiger partial charge in [0.05, 0.1) is 0 Å². The first-order valence-corrected chi connectivity index (χ1v) is 7.70. The quantitative estimate of drug-likeness (QED) is 0.840. The summed E-state index contributed by atoms with van der Waals surface area (Å²) in [7, 11) is 0. The van der Waals surface area contributed by atoms with E-state index in [2.05, 4.69) is 6.92 Å². The van der Waals surface area contributed by atoms with Crippen molar-refractivity contribution < 1.29 is 9.53 Å². The lowest BCUT2D eigenvalue weighted by Crippen LogP contribution is -2.39. The van der Waals surface area contributed by atoms with E-state index in [0.29, 0.717) is 12.3 Å². The van der Waals surface area contributed by atoms with Gasteiger partial charge in [0.2, 0.25) is 0 Å². The van der Waals surface area contributed by atoms with Crippen molar-refractivity contribution in [3.05, 3.63) is 35.9 Å². The molecular formula is C17H25NO2. The molecule has 2 unspecified atom stereocenters. The molecule has 3 heteroatoms. The van der Waals surface area contributed by atoms with Crippen molar-refractivity contribution in [2.24, 2.45) is 11.7 Å². The average molecular weight is 275 g/mol. The summed E-state index contributed by atoms with van der Waals surface area (Å²) in [6.07, 6.45) is 6.26. The normalized spacial score (nSPS) is 24.1. The number of hydrogen-bond acceptors (Lipinski definition) is 3. The van der Waals surface area contributed by atoms with Crippen LogP contribution in [-0.2, 0) is 16.0 Å². The number of ether oxygens (including phenoxy) is 1. The Bertz CT molecular complexity index is 418. The molecule has 3 nitrogen and oxygen atoms in total. The van der Waals surface area contributed by atoms with Gasteiger partial charge in [-0.1, -0.05) is 43.7 Å². The number of rotatable bonds is 5. The summed E-state index contributed by atoms with van der Waals surface area (Å²) >= 11 is 0. The van der Waals surface area contributed by atoms with Gasteiger partial charge < -0.3 is 10.5 Å². The van der Waals surface area contributed by atoms with E-state index in [9.17, 15) is 4.79 Å². The van der Waals surface area contributed by atoms with E-state index in [0.717, 1.165) is 24.8 Å². The largest absolute Gasteiger partial charge is 0.461 e. The zero-order valence-electron chi connectivity index (χ0n) is 12.3. The molecule has 1 aliphatic rings. The Morgan fingerprint density at radius 1 is 1.30 bits per heavy atom. The Balaban J connectivity index is 1.87. The molecule has 0 saturated heterocycles. The molecule has 2 rings (SSSR count). The highest BCUT2D eigenvalue weighted by Gasteiger charge is 2.28. The van der Waals surface area contributed by atoms with Crippen molar-refractivity contribution in [1.82, 2.24) is 0 Å². The zero-order valence-corrected chi connectivity index (χ0v) is 12.3. The van der Waals surface area contributed by atoms with Gasteiger partial charge in [-0.05, 0) is 43.6 Å². The molecule has 0 radical (unpaired) electrons. The SMILES string of the molecule is CCC1CCCCC1OC(=O)[C@H](N)Cc1ccccc1. The van der Waals surface area contributed by atoms with Crippen molar-refractivity contribution in [3.8, 4) is 0 Å². The molecule has 1 aromatic rings. The van der Waals surface area contributed by atoms with Crippen LogP contribution in [0.1, 0.15) is 44.6 Å². The lowest BCUT2D eigenvalue weighted by Gasteiger charge is -2.31. The maximum atomic E-state index is 12.1. The van der Waals surface area contributed by atoms with Crippen molar-refractivity contribution in [3.63, 3.8) is 0 Å². The monoisotopic (exact) mass is 275 g/mol. The maximum Gasteiger partial charge on any atom is 0.323 e. The number of hydrogen-bond donors (Lipinski definition) is 1. The first-order valence-electron chi connectivity index (χ1n) is 7.70. The highest BCUT2D eigenvalue weighted by molar-refractivity contribution is 5.76. The highest BCUT2D eigenvalue weighted by Crippen LogP contribution is 2.29. The first-order chi connectivity index (χ1) is 9.70. The van der Waals surface area contributed by atoms with Crippen LogP contribution in [0.4, 0.5) is 0 Å². The van der Waals surface area contributed by atoms with Crippen LogP contribution in [0.25, 0.3) is 0 Å². The molecule has 0 bridgehead atoms. The molecule has 1 aliphatic carbocycles. The predicted octanol–water partition coefficient (Wildman–Crippen LogP) is 3.07. The number of carbonyl (C=O) groups excluding carboxylic acids is 1. The first kappa shape index (κ1) is 15.0. The lowest BCUT2D eigenvalue weighted by molar-refractivity contribution is -0.155. The van der Waals surface area contributed by atoms with E-state index in [1.807, 2.05) is 30.3 Å². The zero-order chi connectivity index (χ0) is 14.4. The maximum absolute atomic E-state index is 12.1. The molecule has 2 N–H and O–H groups in total. The van der Waals surface area contributed by atoms with Crippen LogP contribution in [-0.4, -0.2) is 18.1 Å². The van der Waals surface area contributed by atoms with Gasteiger partial charge in [0.15, 0.2) is 0 Å². The molecule has 1 saturated carbocycles. The summed E-state index contributed by atoms with van der Waals surface area (Å²) in [5.41, 5.74) is 7.06. The summed E-state index contributed by atoms with van der Waals surface area (Å²) in [4.78, 5) is 12.1. The van der Waals surface area contributed by atoms with Crippen molar-refractivity contribution in [1.29, 1.82) is 0 Å². The second-order valence-corrected chi connectivity index (χ2v) is 5.72. The molecule has 0 spiro atoms. The van der Waals surface area contributed by atoms with Crippen LogP contribution in [0, 0.1) is 5.92 Å². The molecule has 0 heterocycles. The van der Waals surface area contributed by atoms with Gasteiger partial charge >= 0.3 is 5.97 Å². The van der Waals surface area contributed by atoms with Crippen molar-refractivity contribution in [2.45, 2.75) is 57.6 Å². The van der Waals surface area contributed by atoms with E-state index < -0.39 is 6.04 Å². The Hall–Kier alpha value is -1.35. The molecule has 0 aromatic heterocycles. The molecule has 110 valence electrons. The minimum Gasteiger partial charge on any atom is -0.461 e. The summed E-state index contributed by atoms with van der Waals surface area (Å²) < 4.78 is 5.66. The number of nitrogens with two attached hydrogens (primary N) is 1. The van der Waals surface area contributed by atoms with Gasteiger partial charge in [-0.15, -0.1) is 0 Å². The summed E-state index contributed by atoms with van der Waals surface area (Å²) in [5.74, 6) is 0.260. The number of carbonyl (C=O) groups is 1. The van der Waals surface area contributed by atoms with Gasteiger partial charge in [0, 0.05) is 0 Å². The van der Waals surface area contributed by atoms with Crippen LogP contribution in [0.2, 0.25) is 0 Å². The minimum atomic E-state index is -0.558. The summed E-state index contributed by atoms with van der Waals surface area (Å²) in [6, 6.07) is 9.30. The predicted molar refractivity (Wildman–Crippen MR) is 80.3 cm³/mol. The van der Waals surface area contributed by atoms with E-state index in [1.165, 1.54) is 12.8 Å². The standard InChI is InChI=1S/C17H25NO2/c1-2-14-10-6-7-11-16(14)20-17(19)15(18)12-13-8-4-3-5-9-13/h3-5,8-9,14-16H,2,6-7,10-12,18H2,1H3/t14?,15-,16?/m1/s1. The van der Waals surface area contributed by atoms with E-state index >= 15 is 0 Å². The van der Waals surface area contributed by atoms with Crippen LogP contribution >= 0.6 is 0 Å². The molecular weight excluding hydrogens is 250 g/mol. The summed E-state index contributed by atoms with van der Waals surface area (Å²) in [6.45, 7) is 2.17. The smallest absolute Gasteiger partial charge is 0.323 e. The second-order valence-electron chi connectivity index (χ2n) is 5.72. The third kappa shape index (κ3) is 4.07. The van der Waals surface area contributed by atoms with E-state index in [1.54, 1.807) is 0 Å². The summed E-state index contributed by atoms with van der Waals surface area (Å²) in [5, 5.41) is 0. The topological polar surface area (TPSA) is 52.3 Å². The molecule has 20 heavy (non-hydrogen) atoms. The van der Waals surface area contributed by atoms with Crippen LogP contribution in [0.5, 0.6) is 0 Å². The second kappa shape index (κ2) is 7.44. The van der Waals surface area contributed by atoms with Crippen LogP contribution in [0.15, 0.2) is 30.3 Å². The Kier molecular flexibility index (Phi) is 5.60. The third-order valence-corrected chi connectivity index (χ3v) is 4.23. The van der Waals surface area contributed by atoms with E-state index in [-0.39, 0.29) is 12.1 Å². The van der Waals surface area contributed by atoms with Gasteiger partial charge in [-0.2, -0.15) is 0 Å². The fourth-order valence-electron chi connectivity index (χ4n) is 2.98. The lowest BCUT2D eigenvalue weighted by atomic mass is 9.85. The molecule has 0 amide bonds. The molecule has 1 fully saturated rings. The fourth-order valence-corrected chi connectivity index (χ4v) is 2.98. The molecule has 3 atom stereocenters. The van der Waals surface area contributed by atoms with Gasteiger partial charge in [-0.25, -0.2) is 0 Å². The molecule has 1 aromatic carbocycles. The van der Waals surface area contributed by atoms with Gasteiger partial charge in [0.1, 0.15) is 12.1 Å². The van der Waals surface area contributed by atoms with Gasteiger partial charge in [-0.3, -0.25) is 4.79 Å². The van der Waals surface area contributed by atoms with Crippen LogP contribution < -0.4 is 5.73 Å². The van der Waals surface area contributed by atoms with E-state index in [4.69, 9.17) is 10.5 Å². The highest BCUT2D eigenvalue weighted by atomic mass is 16.5. The minimum absolute atomic E-state index is 0.0723. The Morgan fingerprint density at radius 2 is 2.00 bits per heavy atom. The number of benzene rings is 1. The fraction of sp³-hybridized carbons (Fsp3) is 0.588. The third-order valence-electron chi connectivity index (χ3n) is 4.23. The van der Waals surface area contributed by atoms with Gasteiger partial charge in [0.25, 0.3) is 0 Å². The van der Waals surface area contributed by atoms with Crippen LogP contribution in [0.3, 0.4) is 0 Å². The Morgan fingerprint density at radius 3 is 2.70 bits per heavy atom.